The van der Waals surface area contributed by atoms with Gasteiger partial charge in [-0.15, -0.1) is 0 Å². The molecule has 32 heavy (non-hydrogen) atoms. The van der Waals surface area contributed by atoms with Crippen LogP contribution in [-0.2, 0) is 14.6 Å². The maximum absolute atomic E-state index is 14.1. The largest absolute Gasteiger partial charge is 0.435 e. The van der Waals surface area contributed by atoms with Gasteiger partial charge in [-0.25, -0.2) is 0 Å². The van der Waals surface area contributed by atoms with E-state index in [1.165, 1.54) is 30.2 Å². The number of alkyl halides is 3. The van der Waals surface area contributed by atoms with Crippen molar-refractivity contribution in [2.75, 3.05) is 12.4 Å². The maximum atomic E-state index is 14.1. The van der Waals surface area contributed by atoms with Crippen LogP contribution in [0.5, 0.6) is 0 Å². The van der Waals surface area contributed by atoms with Gasteiger partial charge in [0, 0.05) is 33.3 Å². The summed E-state index contributed by atoms with van der Waals surface area (Å²) in [5, 5.41) is 6.75. The summed E-state index contributed by atoms with van der Waals surface area (Å²) < 4.78 is 47.6. The van der Waals surface area contributed by atoms with Crippen molar-refractivity contribution in [1.29, 1.82) is 0 Å². The summed E-state index contributed by atoms with van der Waals surface area (Å²) in [4.78, 5) is 17.6. The fourth-order valence-corrected chi connectivity index (χ4v) is 4.83. The van der Waals surface area contributed by atoms with Crippen molar-refractivity contribution in [1.82, 2.24) is 5.32 Å². The summed E-state index contributed by atoms with van der Waals surface area (Å²) in [6, 6.07) is 8.34. The van der Waals surface area contributed by atoms with Gasteiger partial charge in [0.2, 0.25) is 0 Å². The molecule has 2 atom stereocenters. The van der Waals surface area contributed by atoms with Gasteiger partial charge in [-0.3, -0.25) is 4.79 Å². The quantitative estimate of drug-likeness (QED) is 0.545. The van der Waals surface area contributed by atoms with Crippen molar-refractivity contribution in [3.63, 3.8) is 0 Å². The van der Waals surface area contributed by atoms with E-state index in [2.05, 4.69) is 10.5 Å². The van der Waals surface area contributed by atoms with Gasteiger partial charge in [0.1, 0.15) is 0 Å². The molecule has 2 aliphatic heterocycles. The number of carbonyl (C=O) groups is 1. The number of nitrogens with zero attached hydrogens (tertiary/aromatic N) is 1. The van der Waals surface area contributed by atoms with E-state index in [4.69, 9.17) is 32.2 Å². The summed E-state index contributed by atoms with van der Waals surface area (Å²) in [6.45, 7) is 2.14. The molecule has 1 amide bonds. The Morgan fingerprint density at radius 3 is 2.53 bits per heavy atom. The van der Waals surface area contributed by atoms with Crippen LogP contribution >= 0.6 is 35.2 Å². The molecule has 1 N–H and O–H groups in total. The highest BCUT2D eigenvalue weighted by atomic mass is 35.5. The zero-order chi connectivity index (χ0) is 23.1. The minimum absolute atomic E-state index is 0.0606. The zero-order valence-electron chi connectivity index (χ0n) is 16.6. The molecule has 0 aromatic heterocycles. The predicted octanol–water partition coefficient (Wildman–Crippen LogP) is 5.66. The summed E-state index contributed by atoms with van der Waals surface area (Å²) in [7, 11) is 0. The Morgan fingerprint density at radius 2 is 1.94 bits per heavy atom. The lowest BCUT2D eigenvalue weighted by Gasteiger charge is -2.29. The molecule has 1 unspecified atom stereocenters. The van der Waals surface area contributed by atoms with Crippen molar-refractivity contribution in [3.8, 4) is 0 Å². The summed E-state index contributed by atoms with van der Waals surface area (Å²) in [6.07, 6.45) is -5.34. The zero-order valence-corrected chi connectivity index (χ0v) is 19.0. The average Bonchev–Trinajstić information content (AvgIpc) is 3.37. The fourth-order valence-electron chi connectivity index (χ4n) is 3.60. The molecular weight excluding hydrogens is 488 g/mol. The molecule has 0 spiro atoms. The highest BCUT2D eigenvalue weighted by molar-refractivity contribution is 7.94. The average molecular weight is 505 g/mol. The van der Waals surface area contributed by atoms with E-state index in [0.29, 0.717) is 29.1 Å². The third-order valence-corrected chi connectivity index (χ3v) is 6.55. The number of carbonyl (C=O) groups excluding carboxylic acids is 1. The number of benzene rings is 2. The predicted molar refractivity (Wildman–Crippen MR) is 117 cm³/mol. The van der Waals surface area contributed by atoms with E-state index >= 15 is 0 Å². The first kappa shape index (κ1) is 23.2. The summed E-state index contributed by atoms with van der Waals surface area (Å²) >= 11 is 13.2. The molecule has 1 fully saturated rings. The number of rotatable bonds is 4. The normalized spacial score (nSPS) is 23.1. The molecule has 4 rings (SSSR count). The summed E-state index contributed by atoms with van der Waals surface area (Å²) in [5.74, 6) is 0.386. The summed E-state index contributed by atoms with van der Waals surface area (Å²) in [5.41, 5.74) is -1.38. The van der Waals surface area contributed by atoms with Crippen molar-refractivity contribution in [2.24, 2.45) is 5.16 Å². The van der Waals surface area contributed by atoms with Crippen LogP contribution in [0.3, 0.4) is 0 Å². The van der Waals surface area contributed by atoms with Crippen LogP contribution < -0.4 is 5.32 Å². The Labute approximate surface area is 196 Å². The lowest BCUT2D eigenvalue weighted by molar-refractivity contribution is -0.275. The first-order valence-corrected chi connectivity index (χ1v) is 11.2. The van der Waals surface area contributed by atoms with Gasteiger partial charge in [-0.2, -0.15) is 13.2 Å². The molecule has 11 heteroatoms. The van der Waals surface area contributed by atoms with Gasteiger partial charge in [0.05, 0.1) is 18.4 Å². The molecule has 0 bridgehead atoms. The second-order valence-corrected chi connectivity index (χ2v) is 9.24. The van der Waals surface area contributed by atoms with Gasteiger partial charge in [0.25, 0.3) is 11.5 Å². The lowest BCUT2D eigenvalue weighted by Crippen LogP contribution is -2.42. The second kappa shape index (κ2) is 8.78. The molecule has 1 saturated heterocycles. The van der Waals surface area contributed by atoms with E-state index in [-0.39, 0.29) is 33.3 Å². The Balaban J connectivity index is 1.59. The molecular formula is C21H17Cl2F3N2O3S. The van der Waals surface area contributed by atoms with E-state index in [0.717, 1.165) is 0 Å². The van der Waals surface area contributed by atoms with Crippen LogP contribution in [0, 0.1) is 6.92 Å². The fraction of sp³-hybridized carbons (Fsp3) is 0.333. The van der Waals surface area contributed by atoms with Gasteiger partial charge in [0.15, 0.2) is 0 Å². The van der Waals surface area contributed by atoms with Gasteiger partial charge >= 0.3 is 6.18 Å². The first-order chi connectivity index (χ1) is 15.1. The van der Waals surface area contributed by atoms with E-state index < -0.39 is 18.2 Å². The number of halogens is 5. The molecule has 2 heterocycles. The molecule has 170 valence electrons. The highest BCUT2D eigenvalue weighted by Crippen LogP contribution is 2.49. The van der Waals surface area contributed by atoms with E-state index in [9.17, 15) is 18.0 Å². The molecule has 0 aliphatic carbocycles. The molecule has 2 aromatic carbocycles. The van der Waals surface area contributed by atoms with Crippen molar-refractivity contribution in [2.45, 2.75) is 31.2 Å². The number of amides is 1. The van der Waals surface area contributed by atoms with Crippen LogP contribution in [-0.4, -0.2) is 36.2 Å². The lowest BCUT2D eigenvalue weighted by atomic mass is 9.86. The SMILES string of the molecule is Cc1cc(C2=NOC(c3cc(Cl)cc(Cl)c3)(C(F)(F)F)C2)ccc1C(=O)N[C@@H]1COSC1. The van der Waals surface area contributed by atoms with Crippen LogP contribution in [0.1, 0.15) is 33.5 Å². The number of hydrogen-bond donors (Lipinski definition) is 1. The maximum Gasteiger partial charge on any atom is 0.435 e. The Hall–Kier alpha value is -1.94. The number of oxime groups is 1. The first-order valence-electron chi connectivity index (χ1n) is 9.54. The van der Waals surface area contributed by atoms with Crippen molar-refractivity contribution in [3.05, 3.63) is 68.7 Å². The number of aryl methyl sites for hydroxylation is 1. The Morgan fingerprint density at radius 1 is 1.22 bits per heavy atom. The van der Waals surface area contributed by atoms with Crippen molar-refractivity contribution < 1.29 is 27.0 Å². The van der Waals surface area contributed by atoms with Crippen LogP contribution in [0.25, 0.3) is 0 Å². The third-order valence-electron chi connectivity index (χ3n) is 5.28. The third kappa shape index (κ3) is 4.44. The molecule has 0 saturated carbocycles. The Kier molecular flexibility index (Phi) is 6.37. The van der Waals surface area contributed by atoms with Gasteiger partial charge in [-0.05, 0) is 60.4 Å². The van der Waals surface area contributed by atoms with E-state index in [1.807, 2.05) is 0 Å². The number of hydrogen-bond acceptors (Lipinski definition) is 5. The van der Waals surface area contributed by atoms with Crippen molar-refractivity contribution >= 4 is 46.9 Å². The molecule has 2 aliphatic rings. The van der Waals surface area contributed by atoms with Gasteiger partial charge < -0.3 is 14.3 Å². The van der Waals surface area contributed by atoms with Gasteiger partial charge in [-0.1, -0.05) is 34.4 Å². The minimum atomic E-state index is -4.78. The molecule has 5 nitrogen and oxygen atoms in total. The topological polar surface area (TPSA) is 59.9 Å². The van der Waals surface area contributed by atoms with Crippen LogP contribution in [0.15, 0.2) is 41.6 Å². The minimum Gasteiger partial charge on any atom is -0.374 e. The standard InChI is InChI=1S/C21H17Cl2F3N2O3S/c1-11-4-12(2-3-17(11)19(29)27-16-9-30-32-10-16)18-8-20(31-28-18,21(24,25)26)13-5-14(22)7-15(23)6-13/h2-7,16H,8-10H2,1H3,(H,27,29)/t16-,20?/m1/s1. The smallest absolute Gasteiger partial charge is 0.374 e. The second-order valence-electron chi connectivity index (χ2n) is 7.56. The Bertz CT molecular complexity index is 1070. The monoisotopic (exact) mass is 504 g/mol. The molecule has 0 radical (unpaired) electrons. The highest BCUT2D eigenvalue weighted by Gasteiger charge is 2.62. The van der Waals surface area contributed by atoms with E-state index in [1.54, 1.807) is 25.1 Å². The molecule has 2 aromatic rings. The number of nitrogens with one attached hydrogen (secondary N) is 1. The van der Waals surface area contributed by atoms with Crippen LogP contribution in [0.2, 0.25) is 10.0 Å². The van der Waals surface area contributed by atoms with Crippen LogP contribution in [0.4, 0.5) is 13.2 Å².